The van der Waals surface area contributed by atoms with Crippen LogP contribution in [-0.2, 0) is 22.7 Å². The third kappa shape index (κ3) is 6.70. The second kappa shape index (κ2) is 10.6. The zero-order valence-corrected chi connectivity index (χ0v) is 16.3. The van der Waals surface area contributed by atoms with E-state index in [4.69, 9.17) is 13.9 Å². The SMILES string of the molecule is O=C(COC(=O)c1ccccc1OCc1ccc(F)cc1)NC(=O)NCc1ccco1. The van der Waals surface area contributed by atoms with Gasteiger partial charge in [0.05, 0.1) is 12.8 Å². The lowest BCUT2D eigenvalue weighted by Crippen LogP contribution is -2.41. The molecule has 0 aliphatic rings. The number of hydrogen-bond acceptors (Lipinski definition) is 6. The first-order valence-electron chi connectivity index (χ1n) is 9.25. The Morgan fingerprint density at radius 2 is 1.74 bits per heavy atom. The number of furan rings is 1. The molecule has 2 N–H and O–H groups in total. The molecule has 1 aromatic heterocycles. The topological polar surface area (TPSA) is 107 Å². The van der Waals surface area contributed by atoms with Gasteiger partial charge >= 0.3 is 12.0 Å². The molecule has 0 fully saturated rings. The summed E-state index contributed by atoms with van der Waals surface area (Å²) in [6.45, 7) is -0.440. The second-order valence-corrected chi connectivity index (χ2v) is 6.30. The van der Waals surface area contributed by atoms with Gasteiger partial charge in [-0.15, -0.1) is 0 Å². The van der Waals surface area contributed by atoms with Crippen molar-refractivity contribution in [3.63, 3.8) is 0 Å². The number of amides is 3. The summed E-state index contributed by atoms with van der Waals surface area (Å²) in [5, 5.41) is 4.48. The standard InChI is InChI=1S/C22H19FN2O6/c23-16-9-7-15(8-10-16)13-30-19-6-2-1-5-18(19)21(27)31-14-20(26)25-22(28)24-12-17-4-3-11-29-17/h1-11H,12-14H2,(H2,24,25,26,28). The third-order valence-electron chi connectivity index (χ3n) is 4.01. The average Bonchev–Trinajstić information content (AvgIpc) is 3.30. The minimum absolute atomic E-state index is 0.102. The van der Waals surface area contributed by atoms with Crippen molar-refractivity contribution in [1.29, 1.82) is 0 Å². The first-order valence-corrected chi connectivity index (χ1v) is 9.25. The maximum atomic E-state index is 13.0. The van der Waals surface area contributed by atoms with Gasteiger partial charge in [0.2, 0.25) is 0 Å². The molecule has 1 heterocycles. The Morgan fingerprint density at radius 3 is 2.48 bits per heavy atom. The second-order valence-electron chi connectivity index (χ2n) is 6.30. The molecule has 0 spiro atoms. The van der Waals surface area contributed by atoms with Crippen LogP contribution in [0, 0.1) is 5.82 Å². The number of rotatable bonds is 8. The number of hydrogen-bond donors (Lipinski definition) is 2. The number of nitrogens with one attached hydrogen (secondary N) is 2. The highest BCUT2D eigenvalue weighted by Gasteiger charge is 2.16. The highest BCUT2D eigenvalue weighted by atomic mass is 19.1. The fraction of sp³-hybridized carbons (Fsp3) is 0.136. The van der Waals surface area contributed by atoms with Crippen molar-refractivity contribution in [3.05, 3.63) is 89.6 Å². The van der Waals surface area contributed by atoms with E-state index in [1.54, 1.807) is 42.5 Å². The lowest BCUT2D eigenvalue weighted by molar-refractivity contribution is -0.123. The van der Waals surface area contributed by atoms with Crippen LogP contribution in [0.3, 0.4) is 0 Å². The summed E-state index contributed by atoms with van der Waals surface area (Å²) < 4.78 is 28.6. The Balaban J connectivity index is 1.47. The van der Waals surface area contributed by atoms with Gasteiger partial charge in [-0.1, -0.05) is 24.3 Å². The monoisotopic (exact) mass is 426 g/mol. The minimum Gasteiger partial charge on any atom is -0.488 e. The Kier molecular flexibility index (Phi) is 7.36. The lowest BCUT2D eigenvalue weighted by atomic mass is 10.2. The van der Waals surface area contributed by atoms with Crippen LogP contribution >= 0.6 is 0 Å². The number of imide groups is 1. The molecule has 3 amide bonds. The van der Waals surface area contributed by atoms with E-state index in [0.717, 1.165) is 0 Å². The minimum atomic E-state index is -0.796. The molecule has 160 valence electrons. The van der Waals surface area contributed by atoms with Crippen LogP contribution < -0.4 is 15.4 Å². The van der Waals surface area contributed by atoms with Crippen molar-refractivity contribution in [2.45, 2.75) is 13.2 Å². The first-order chi connectivity index (χ1) is 15.0. The highest BCUT2D eigenvalue weighted by molar-refractivity contribution is 5.97. The van der Waals surface area contributed by atoms with Gasteiger partial charge < -0.3 is 19.2 Å². The van der Waals surface area contributed by atoms with Gasteiger partial charge in [0, 0.05) is 0 Å². The Morgan fingerprint density at radius 1 is 0.968 bits per heavy atom. The van der Waals surface area contributed by atoms with Crippen LogP contribution in [0.25, 0.3) is 0 Å². The average molecular weight is 426 g/mol. The smallest absolute Gasteiger partial charge is 0.342 e. The van der Waals surface area contributed by atoms with E-state index in [2.05, 4.69) is 5.32 Å². The number of esters is 1. The summed E-state index contributed by atoms with van der Waals surface area (Å²) in [4.78, 5) is 35.9. The van der Waals surface area contributed by atoms with Gasteiger partial charge in [0.15, 0.2) is 6.61 Å². The Labute approximate surface area is 177 Å². The maximum absolute atomic E-state index is 13.0. The zero-order chi connectivity index (χ0) is 22.1. The lowest BCUT2D eigenvalue weighted by Gasteiger charge is -2.11. The van der Waals surface area contributed by atoms with Crippen LogP contribution in [-0.4, -0.2) is 24.5 Å². The van der Waals surface area contributed by atoms with Crippen molar-refractivity contribution in [1.82, 2.24) is 10.6 Å². The molecule has 0 saturated carbocycles. The molecule has 8 nitrogen and oxygen atoms in total. The summed E-state index contributed by atoms with van der Waals surface area (Å²) in [5.74, 6) is -1.18. The van der Waals surface area contributed by atoms with Crippen LogP contribution in [0.15, 0.2) is 71.3 Å². The molecule has 9 heteroatoms. The van der Waals surface area contributed by atoms with E-state index in [-0.39, 0.29) is 30.3 Å². The van der Waals surface area contributed by atoms with Crippen LogP contribution in [0.1, 0.15) is 21.7 Å². The van der Waals surface area contributed by atoms with Crippen LogP contribution in [0.4, 0.5) is 9.18 Å². The van der Waals surface area contributed by atoms with Crippen LogP contribution in [0.2, 0.25) is 0 Å². The Hall–Kier alpha value is -4.14. The number of carbonyl (C=O) groups excluding carboxylic acids is 3. The molecule has 0 saturated heterocycles. The number of benzene rings is 2. The van der Waals surface area contributed by atoms with Crippen molar-refractivity contribution >= 4 is 17.9 Å². The van der Waals surface area contributed by atoms with Gasteiger partial charge in [0.25, 0.3) is 5.91 Å². The Bertz CT molecular complexity index is 1030. The van der Waals surface area contributed by atoms with Gasteiger partial charge in [-0.3, -0.25) is 10.1 Å². The summed E-state index contributed by atoms with van der Waals surface area (Å²) in [7, 11) is 0. The van der Waals surface area contributed by atoms with Gasteiger partial charge in [-0.2, -0.15) is 0 Å². The molecular weight excluding hydrogens is 407 g/mol. The van der Waals surface area contributed by atoms with Crippen molar-refractivity contribution in [3.8, 4) is 5.75 Å². The number of carbonyl (C=O) groups is 3. The zero-order valence-electron chi connectivity index (χ0n) is 16.3. The van der Waals surface area contributed by atoms with E-state index in [0.29, 0.717) is 11.3 Å². The molecule has 0 bridgehead atoms. The summed E-state index contributed by atoms with van der Waals surface area (Å²) in [5.41, 5.74) is 0.823. The number of para-hydroxylation sites is 1. The van der Waals surface area contributed by atoms with Gasteiger partial charge in [-0.05, 0) is 42.0 Å². The molecule has 3 aromatic rings. The molecule has 0 aliphatic heterocycles. The van der Waals surface area contributed by atoms with Crippen molar-refractivity contribution in [2.24, 2.45) is 0 Å². The summed E-state index contributed by atoms with van der Waals surface area (Å²) in [6, 6.07) is 14.7. The fourth-order valence-corrected chi connectivity index (χ4v) is 2.50. The molecule has 2 aromatic carbocycles. The normalized spacial score (nSPS) is 10.2. The van der Waals surface area contributed by atoms with Crippen LogP contribution in [0.5, 0.6) is 5.75 Å². The molecule has 0 atom stereocenters. The van der Waals surface area contributed by atoms with Crippen molar-refractivity contribution < 1.29 is 32.7 Å². The molecule has 0 unspecified atom stereocenters. The first kappa shape index (κ1) is 21.6. The van der Waals surface area contributed by atoms with E-state index >= 15 is 0 Å². The maximum Gasteiger partial charge on any atom is 0.342 e. The van der Waals surface area contributed by atoms with Gasteiger partial charge in [-0.25, -0.2) is 14.0 Å². The van der Waals surface area contributed by atoms with E-state index in [1.165, 1.54) is 24.5 Å². The van der Waals surface area contributed by atoms with E-state index < -0.39 is 24.5 Å². The molecule has 0 radical (unpaired) electrons. The van der Waals surface area contributed by atoms with E-state index in [9.17, 15) is 18.8 Å². The molecular formula is C22H19FN2O6. The number of halogens is 1. The third-order valence-corrected chi connectivity index (χ3v) is 4.01. The number of ether oxygens (including phenoxy) is 2. The van der Waals surface area contributed by atoms with Gasteiger partial charge in [0.1, 0.15) is 29.5 Å². The molecule has 0 aliphatic carbocycles. The molecule has 31 heavy (non-hydrogen) atoms. The number of urea groups is 1. The highest BCUT2D eigenvalue weighted by Crippen LogP contribution is 2.20. The summed E-state index contributed by atoms with van der Waals surface area (Å²) in [6.07, 6.45) is 1.46. The molecule has 3 rings (SSSR count). The quantitative estimate of drug-likeness (QED) is 0.536. The fourth-order valence-electron chi connectivity index (χ4n) is 2.50. The predicted octanol–water partition coefficient (Wildman–Crippen LogP) is 3.18. The largest absolute Gasteiger partial charge is 0.488 e. The van der Waals surface area contributed by atoms with Crippen molar-refractivity contribution in [2.75, 3.05) is 6.61 Å². The summed E-state index contributed by atoms with van der Waals surface area (Å²) >= 11 is 0. The predicted molar refractivity (Wildman–Crippen MR) is 107 cm³/mol. The van der Waals surface area contributed by atoms with E-state index in [1.807, 2.05) is 5.32 Å².